The molecule has 0 aliphatic heterocycles. The largest absolute Gasteiger partial charge is 0.371 e. The van der Waals surface area contributed by atoms with E-state index in [1.165, 1.54) is 107 Å². The van der Waals surface area contributed by atoms with Gasteiger partial charge in [0.2, 0.25) is 0 Å². The molecule has 150 valence electrons. The van der Waals surface area contributed by atoms with Crippen molar-refractivity contribution in [1.29, 1.82) is 0 Å². The predicted molar refractivity (Wildman–Crippen MR) is 123 cm³/mol. The SMILES string of the molecule is CCCCCCCCN(CCCCCCCC)c1cccc2ccccc12. The molecule has 0 amide bonds. The van der Waals surface area contributed by atoms with Crippen molar-refractivity contribution in [2.75, 3.05) is 18.0 Å². The van der Waals surface area contributed by atoms with Crippen molar-refractivity contribution in [3.8, 4) is 0 Å². The Labute approximate surface area is 168 Å². The summed E-state index contributed by atoms with van der Waals surface area (Å²) in [7, 11) is 0. The molecular weight excluding hydrogens is 326 g/mol. The van der Waals surface area contributed by atoms with Crippen molar-refractivity contribution >= 4 is 16.5 Å². The van der Waals surface area contributed by atoms with Gasteiger partial charge in [0.15, 0.2) is 0 Å². The standard InChI is InChI=1S/C26H41N/c1-3-5-7-9-11-15-22-27(23-16-12-10-8-6-4-2)26-21-17-19-24-18-13-14-20-25(24)26/h13-14,17-21H,3-12,15-16,22-23H2,1-2H3. The van der Waals surface area contributed by atoms with E-state index in [1.54, 1.807) is 0 Å². The summed E-state index contributed by atoms with van der Waals surface area (Å²) in [5.41, 5.74) is 1.44. The van der Waals surface area contributed by atoms with E-state index in [-0.39, 0.29) is 0 Å². The van der Waals surface area contributed by atoms with E-state index in [1.807, 2.05) is 0 Å². The smallest absolute Gasteiger partial charge is 0.0445 e. The third kappa shape index (κ3) is 7.95. The first-order valence-electron chi connectivity index (χ1n) is 11.6. The second-order valence-corrected chi connectivity index (χ2v) is 8.02. The number of unbranched alkanes of at least 4 members (excludes halogenated alkanes) is 10. The molecule has 0 heterocycles. The van der Waals surface area contributed by atoms with Crippen molar-refractivity contribution < 1.29 is 0 Å². The number of anilines is 1. The minimum absolute atomic E-state index is 1.20. The Bertz CT molecular complexity index is 597. The van der Waals surface area contributed by atoms with Gasteiger partial charge in [0, 0.05) is 24.2 Å². The van der Waals surface area contributed by atoms with Gasteiger partial charge in [-0.2, -0.15) is 0 Å². The molecule has 0 saturated heterocycles. The van der Waals surface area contributed by atoms with Crippen molar-refractivity contribution in [2.24, 2.45) is 0 Å². The Morgan fingerprint density at radius 2 is 1.07 bits per heavy atom. The van der Waals surface area contributed by atoms with Crippen LogP contribution in [0.2, 0.25) is 0 Å². The van der Waals surface area contributed by atoms with Crippen molar-refractivity contribution in [3.63, 3.8) is 0 Å². The summed E-state index contributed by atoms with van der Waals surface area (Å²) in [5, 5.41) is 2.78. The molecule has 0 saturated carbocycles. The fourth-order valence-corrected chi connectivity index (χ4v) is 4.00. The first-order chi connectivity index (χ1) is 13.4. The molecule has 2 rings (SSSR count). The lowest BCUT2D eigenvalue weighted by Gasteiger charge is -2.26. The van der Waals surface area contributed by atoms with Gasteiger partial charge in [-0.1, -0.05) is 114 Å². The van der Waals surface area contributed by atoms with Crippen LogP contribution in [-0.4, -0.2) is 13.1 Å². The number of rotatable bonds is 15. The maximum Gasteiger partial charge on any atom is 0.0445 e. The topological polar surface area (TPSA) is 3.24 Å². The van der Waals surface area contributed by atoms with Gasteiger partial charge in [-0.05, 0) is 24.3 Å². The molecule has 0 aromatic heterocycles. The van der Waals surface area contributed by atoms with Crippen LogP contribution in [0.3, 0.4) is 0 Å². The molecule has 27 heavy (non-hydrogen) atoms. The van der Waals surface area contributed by atoms with E-state index < -0.39 is 0 Å². The van der Waals surface area contributed by atoms with E-state index in [0.717, 1.165) is 0 Å². The summed E-state index contributed by atoms with van der Waals surface area (Å²) >= 11 is 0. The van der Waals surface area contributed by atoms with E-state index in [4.69, 9.17) is 0 Å². The molecule has 0 unspecified atom stereocenters. The van der Waals surface area contributed by atoms with Gasteiger partial charge in [0.05, 0.1) is 0 Å². The van der Waals surface area contributed by atoms with Crippen LogP contribution in [-0.2, 0) is 0 Å². The number of hydrogen-bond acceptors (Lipinski definition) is 1. The molecule has 0 N–H and O–H groups in total. The summed E-state index contributed by atoms with van der Waals surface area (Å²) in [6.07, 6.45) is 16.4. The Morgan fingerprint density at radius 1 is 0.556 bits per heavy atom. The van der Waals surface area contributed by atoms with Gasteiger partial charge < -0.3 is 4.90 Å². The maximum absolute atomic E-state index is 2.67. The highest BCUT2D eigenvalue weighted by Crippen LogP contribution is 2.27. The van der Waals surface area contributed by atoms with Crippen LogP contribution in [0.4, 0.5) is 5.69 Å². The monoisotopic (exact) mass is 367 g/mol. The Kier molecular flexibility index (Phi) is 11.0. The third-order valence-corrected chi connectivity index (χ3v) is 5.67. The number of hydrogen-bond donors (Lipinski definition) is 0. The zero-order chi connectivity index (χ0) is 19.2. The van der Waals surface area contributed by atoms with E-state index in [9.17, 15) is 0 Å². The lowest BCUT2D eigenvalue weighted by Crippen LogP contribution is -2.26. The average molecular weight is 368 g/mol. The van der Waals surface area contributed by atoms with Crippen LogP contribution in [0.15, 0.2) is 42.5 Å². The molecule has 1 heteroatoms. The fraction of sp³-hybridized carbons (Fsp3) is 0.615. The molecule has 1 nitrogen and oxygen atoms in total. The van der Waals surface area contributed by atoms with Gasteiger partial charge in [-0.25, -0.2) is 0 Å². The summed E-state index contributed by atoms with van der Waals surface area (Å²) in [6.45, 7) is 7.00. The highest BCUT2D eigenvalue weighted by Gasteiger charge is 2.09. The number of fused-ring (bicyclic) bond motifs is 1. The highest BCUT2D eigenvalue weighted by molar-refractivity contribution is 5.94. The van der Waals surface area contributed by atoms with Gasteiger partial charge in [-0.15, -0.1) is 0 Å². The van der Waals surface area contributed by atoms with Crippen LogP contribution >= 0.6 is 0 Å². The average Bonchev–Trinajstić information content (AvgIpc) is 2.71. The van der Waals surface area contributed by atoms with Crippen molar-refractivity contribution in [2.45, 2.75) is 90.9 Å². The molecule has 0 fully saturated rings. The lowest BCUT2D eigenvalue weighted by atomic mass is 10.1. The second-order valence-electron chi connectivity index (χ2n) is 8.02. The Morgan fingerprint density at radius 3 is 1.70 bits per heavy atom. The number of nitrogens with zero attached hydrogens (tertiary/aromatic N) is 1. The van der Waals surface area contributed by atoms with Crippen LogP contribution in [0.1, 0.15) is 90.9 Å². The lowest BCUT2D eigenvalue weighted by molar-refractivity contribution is 0.575. The molecular formula is C26H41N. The minimum atomic E-state index is 1.20. The molecule has 0 spiro atoms. The van der Waals surface area contributed by atoms with E-state index in [0.29, 0.717) is 0 Å². The Hall–Kier alpha value is -1.50. The molecule has 2 aromatic carbocycles. The van der Waals surface area contributed by atoms with Crippen LogP contribution in [0.5, 0.6) is 0 Å². The minimum Gasteiger partial charge on any atom is -0.371 e. The predicted octanol–water partition coefficient (Wildman–Crippen LogP) is 8.37. The van der Waals surface area contributed by atoms with Gasteiger partial charge >= 0.3 is 0 Å². The molecule has 0 atom stereocenters. The quantitative estimate of drug-likeness (QED) is 0.286. The fourth-order valence-electron chi connectivity index (χ4n) is 4.00. The number of benzene rings is 2. The van der Waals surface area contributed by atoms with Crippen LogP contribution in [0, 0.1) is 0 Å². The van der Waals surface area contributed by atoms with E-state index >= 15 is 0 Å². The van der Waals surface area contributed by atoms with Crippen molar-refractivity contribution in [1.82, 2.24) is 0 Å². The van der Waals surface area contributed by atoms with Gasteiger partial charge in [0.1, 0.15) is 0 Å². The maximum atomic E-state index is 2.67. The third-order valence-electron chi connectivity index (χ3n) is 5.67. The molecule has 0 aliphatic rings. The molecule has 0 aliphatic carbocycles. The second kappa shape index (κ2) is 13.6. The van der Waals surface area contributed by atoms with Gasteiger partial charge in [-0.3, -0.25) is 0 Å². The first-order valence-corrected chi connectivity index (χ1v) is 11.6. The highest BCUT2D eigenvalue weighted by atomic mass is 15.1. The van der Waals surface area contributed by atoms with Crippen LogP contribution < -0.4 is 4.90 Å². The Balaban J connectivity index is 1.93. The molecule has 0 radical (unpaired) electrons. The summed E-state index contributed by atoms with van der Waals surface area (Å²) in [4.78, 5) is 2.67. The summed E-state index contributed by atoms with van der Waals surface area (Å²) in [5.74, 6) is 0. The normalized spacial score (nSPS) is 11.2. The first kappa shape index (κ1) is 21.8. The van der Waals surface area contributed by atoms with Gasteiger partial charge in [0.25, 0.3) is 0 Å². The molecule has 2 aromatic rings. The van der Waals surface area contributed by atoms with Crippen LogP contribution in [0.25, 0.3) is 10.8 Å². The van der Waals surface area contributed by atoms with E-state index in [2.05, 4.69) is 61.2 Å². The zero-order valence-electron chi connectivity index (χ0n) is 17.9. The van der Waals surface area contributed by atoms with Crippen molar-refractivity contribution in [3.05, 3.63) is 42.5 Å². The molecule has 0 bridgehead atoms. The summed E-state index contributed by atoms with van der Waals surface area (Å²) in [6, 6.07) is 15.7. The zero-order valence-corrected chi connectivity index (χ0v) is 17.9. The summed E-state index contributed by atoms with van der Waals surface area (Å²) < 4.78 is 0.